The first kappa shape index (κ1) is 72.8. The normalized spacial score (nSPS) is 11.3. The molecule has 522 valence electrons. The van der Waals surface area contributed by atoms with Crippen LogP contribution in [0.5, 0.6) is 0 Å². The summed E-state index contributed by atoms with van der Waals surface area (Å²) in [6.45, 7) is 38.6. The van der Waals surface area contributed by atoms with E-state index >= 15 is 0 Å². The molecule has 16 aromatic rings. The fraction of sp³-hybridized carbons (Fsp3) is 0.207. The second-order valence-electron chi connectivity index (χ2n) is 28.8. The van der Waals surface area contributed by atoms with Crippen molar-refractivity contribution in [3.05, 3.63) is 313 Å². The Bertz CT molecular complexity index is 6070. The van der Waals surface area contributed by atoms with Gasteiger partial charge < -0.3 is 0 Å². The third-order valence-electron chi connectivity index (χ3n) is 20.3. The molecule has 9 nitrogen and oxygen atoms in total. The van der Waals surface area contributed by atoms with Crippen molar-refractivity contribution in [1.82, 2.24) is 0 Å². The largest absolute Gasteiger partial charge is 0.269 e. The van der Waals surface area contributed by atoms with Crippen LogP contribution in [0.15, 0.2) is 235 Å². The predicted molar refractivity (Wildman–Crippen MR) is 437 cm³/mol. The highest BCUT2D eigenvalue weighted by Crippen LogP contribution is 2.37. The van der Waals surface area contributed by atoms with Gasteiger partial charge in [-0.1, -0.05) is 127 Å². The lowest BCUT2D eigenvalue weighted by Crippen LogP contribution is -2.37. The highest BCUT2D eigenvalue weighted by atomic mass is 32.1. The van der Waals surface area contributed by atoms with Gasteiger partial charge in [-0.3, -0.25) is 0 Å². The van der Waals surface area contributed by atoms with Gasteiger partial charge in [-0.25, -0.2) is 4.85 Å². The summed E-state index contributed by atoms with van der Waals surface area (Å²) in [7, 11) is 8.41. The van der Waals surface area contributed by atoms with Crippen LogP contribution >= 0.6 is 45.3 Å². The highest BCUT2D eigenvalue weighted by molar-refractivity contribution is 7.13. The zero-order chi connectivity index (χ0) is 74.3. The van der Waals surface area contributed by atoms with Crippen LogP contribution in [0.25, 0.3) is 113 Å². The molecule has 0 bridgehead atoms. The van der Waals surface area contributed by atoms with Gasteiger partial charge in [0, 0.05) is 132 Å². The lowest BCUT2D eigenvalue weighted by molar-refractivity contribution is -0.656. The van der Waals surface area contributed by atoms with Crippen LogP contribution in [0.2, 0.25) is 0 Å². The zero-order valence-electron chi connectivity index (χ0n) is 63.7. The van der Waals surface area contributed by atoms with Crippen molar-refractivity contribution >= 4 is 94.4 Å². The maximum absolute atomic E-state index is 7.58. The van der Waals surface area contributed by atoms with Crippen LogP contribution in [0.4, 0.5) is 5.69 Å². The summed E-state index contributed by atoms with van der Waals surface area (Å²) in [4.78, 5) is 3.74. The highest BCUT2D eigenvalue weighted by Gasteiger charge is 2.31. The number of nitrogens with zero attached hydrogens (tertiary/aromatic N) is 9. The summed E-state index contributed by atoms with van der Waals surface area (Å²) in [5.74, 6) is 0. The zero-order valence-corrected chi connectivity index (χ0v) is 66.9. The second kappa shape index (κ2) is 30.2. The fourth-order valence-electron chi connectivity index (χ4n) is 14.7. The number of rotatable bonds is 8. The smallest absolute Gasteiger partial charge is 0.238 e. The Morgan fingerprint density at radius 2 is 0.762 bits per heavy atom. The van der Waals surface area contributed by atoms with E-state index in [1.165, 1.54) is 148 Å². The molecule has 0 aliphatic rings. The molecule has 16 rings (SSSR count). The molecule has 0 aliphatic carbocycles. The maximum atomic E-state index is 7.58. The Labute approximate surface area is 635 Å². The predicted octanol–water partition coefficient (Wildman–Crippen LogP) is 19.9. The van der Waals surface area contributed by atoms with E-state index in [1.807, 2.05) is 19.2 Å². The molecule has 0 spiro atoms. The van der Waals surface area contributed by atoms with Gasteiger partial charge in [0.15, 0.2) is 65.6 Å². The molecule has 0 aliphatic heterocycles. The maximum Gasteiger partial charge on any atom is 0.269 e. The average Bonchev–Trinajstić information content (AvgIpc) is 1.63. The van der Waals surface area contributed by atoms with Crippen LogP contribution in [0.1, 0.15) is 88.1 Å². The lowest BCUT2D eigenvalue weighted by Gasteiger charge is -2.21. The van der Waals surface area contributed by atoms with Gasteiger partial charge in [0.25, 0.3) is 20.0 Å². The van der Waals surface area contributed by atoms with E-state index in [0.717, 1.165) is 27.5 Å². The number of fused-ring (bicyclic) bond motifs is 4. The first-order chi connectivity index (χ1) is 50.4. The first-order valence-corrected chi connectivity index (χ1v) is 39.2. The minimum Gasteiger partial charge on any atom is -0.238 e. The molecule has 0 N–H and O–H groups in total. The molecular formula is C92H93N9S4+8. The molecule has 0 fully saturated rings. The lowest BCUT2D eigenvalue weighted by atomic mass is 9.84. The van der Waals surface area contributed by atoms with Gasteiger partial charge in [0.2, 0.25) is 33.8 Å². The molecule has 8 aromatic carbocycles. The molecular weight excluding hydrogens is 1360 g/mol. The molecule has 0 radical (unpaired) electrons. The summed E-state index contributed by atoms with van der Waals surface area (Å²) in [6, 6.07) is 63.1. The topological polar surface area (TPSA) is 35.4 Å². The van der Waals surface area contributed by atoms with Crippen molar-refractivity contribution < 1.29 is 36.5 Å². The molecule has 105 heavy (non-hydrogen) atoms. The Hall–Kier alpha value is -10.6. The summed E-state index contributed by atoms with van der Waals surface area (Å²) in [5.41, 5.74) is 28.4. The number of hydrogen-bond acceptors (Lipinski definition) is 4. The van der Waals surface area contributed by atoms with Gasteiger partial charge in [0.05, 0.1) is 50.3 Å². The number of pyridine rings is 4. The summed E-state index contributed by atoms with van der Waals surface area (Å²) in [5, 5.41) is 21.1. The van der Waals surface area contributed by atoms with E-state index in [1.54, 1.807) is 45.3 Å². The van der Waals surface area contributed by atoms with Gasteiger partial charge in [0.1, 0.15) is 28.2 Å². The monoisotopic (exact) mass is 1450 g/mol. The molecule has 0 saturated carbocycles. The first-order valence-electron chi connectivity index (χ1n) is 35.7. The van der Waals surface area contributed by atoms with Crippen molar-refractivity contribution in [2.75, 3.05) is 0 Å². The second-order valence-corrected chi connectivity index (χ2v) is 32.4. The van der Waals surface area contributed by atoms with E-state index in [9.17, 15) is 0 Å². The van der Waals surface area contributed by atoms with Crippen molar-refractivity contribution in [1.29, 1.82) is 0 Å². The van der Waals surface area contributed by atoms with Crippen LogP contribution in [0, 0.1) is 82.7 Å². The molecule has 8 heterocycles. The summed E-state index contributed by atoms with van der Waals surface area (Å²) < 4.78 is 18.1. The molecule has 0 atom stereocenters. The minimum atomic E-state index is 0.0755. The fourth-order valence-corrected chi connectivity index (χ4v) is 18.5. The number of benzene rings is 8. The number of hydrogen-bond donors (Lipinski definition) is 0. The van der Waals surface area contributed by atoms with Gasteiger partial charge in [-0.15, -0.1) is 0 Å². The van der Waals surface area contributed by atoms with E-state index < -0.39 is 0 Å². The van der Waals surface area contributed by atoms with Crippen LogP contribution in [-0.4, -0.2) is 0 Å². The van der Waals surface area contributed by atoms with Gasteiger partial charge >= 0.3 is 0 Å². The Kier molecular flexibility index (Phi) is 21.0. The third kappa shape index (κ3) is 14.6. The third-order valence-corrected chi connectivity index (χ3v) is 24.2. The molecule has 8 aromatic heterocycles. The Morgan fingerprint density at radius 1 is 0.352 bits per heavy atom. The number of aromatic nitrogens is 8. The number of para-hydroxylation sites is 2. The number of thiazole rings is 4. The van der Waals surface area contributed by atoms with E-state index in [2.05, 4.69) is 382 Å². The minimum absolute atomic E-state index is 0.0755. The van der Waals surface area contributed by atoms with Crippen LogP contribution < -0.4 is 36.5 Å². The van der Waals surface area contributed by atoms with Crippen molar-refractivity contribution in [2.45, 2.75) is 102 Å². The van der Waals surface area contributed by atoms with E-state index in [4.69, 9.17) is 6.57 Å². The Balaban J connectivity index is 0.000000124. The van der Waals surface area contributed by atoms with Crippen molar-refractivity contribution in [2.24, 2.45) is 28.2 Å². The standard InChI is InChI=1S/C25H28N2S.C23H24N2S.C22H19N3S.C22H22N2S/c1-17-11-12-19-9-7-8-10-22(19)27(17)23-16-20(25(3,4)5)15-21(18(23)2)24-26(6)13-14-28-24;1-15-12-16(2)22(18(4)21(15)23-24(5)10-11-26-23)25-14-20-9-7-6-8-19(20)13-17(25)3;1-15-9-10-17-7-5-6-8-20(17)25(15)21-14-18(23-3)13-19(16(21)2)22-24(4)11-12-26-22;1-15-11-20(22-23(4)9-10-25-22)17(3)21(12-15)24-14-19-8-6-5-7-18(19)13-16(24)2/h7-16H,1-6H3;6-14H,1-5H3;5-14H,1-2,4H3;5-14H,1-4H3/q4*+2. The van der Waals surface area contributed by atoms with E-state index in [0.29, 0.717) is 5.69 Å². The molecule has 0 amide bonds. The molecule has 0 unspecified atom stereocenters. The summed E-state index contributed by atoms with van der Waals surface area (Å²) in [6.07, 6.45) is 13.0. The molecule has 13 heteroatoms. The average molecular weight is 1450 g/mol. The van der Waals surface area contributed by atoms with Gasteiger partial charge in [-0.05, 0) is 142 Å². The van der Waals surface area contributed by atoms with Crippen LogP contribution in [-0.2, 0) is 33.6 Å². The van der Waals surface area contributed by atoms with Crippen molar-refractivity contribution in [3.63, 3.8) is 0 Å². The summed E-state index contributed by atoms with van der Waals surface area (Å²) >= 11 is 7.09. The van der Waals surface area contributed by atoms with Gasteiger partial charge in [-0.2, -0.15) is 36.5 Å². The van der Waals surface area contributed by atoms with Crippen LogP contribution in [0.3, 0.4) is 0 Å². The SMILES string of the molecule is Cc1c(-c2scc[n+]2C)cc(C(C)(C)C)cc1-[n+]1c(C)ccc2ccccc21.Cc1cc(-c2scc[n+]2C)c(C)c(-[n+]2cc3ccccc3cc2C)c1.Cc1cc(C)c(-[n+]2cc3ccccc3cc2C)c(C)c1-c1scc[n+]1C.[C-]#[N+]c1cc(-c2scc[n+]2C)c(C)c(-[n+]2c(C)ccc3ccccc32)c1. The molecule has 0 saturated heterocycles. The van der Waals surface area contributed by atoms with Crippen molar-refractivity contribution in [3.8, 4) is 65.0 Å². The number of aryl methyl sites for hydroxylation is 11. The quantitative estimate of drug-likeness (QED) is 0.107. The van der Waals surface area contributed by atoms with E-state index in [-0.39, 0.29) is 5.41 Å². The Morgan fingerprint density at radius 3 is 1.23 bits per heavy atom.